The number of anilines is 1. The van der Waals surface area contributed by atoms with Crippen LogP contribution in [-0.2, 0) is 6.42 Å². The van der Waals surface area contributed by atoms with Crippen molar-refractivity contribution in [3.8, 4) is 11.3 Å². The fraction of sp³-hybridized carbons (Fsp3) is 0.182. The molecular weight excluding hydrogens is 384 g/mol. The minimum atomic E-state index is 0.853. The van der Waals surface area contributed by atoms with Crippen molar-refractivity contribution >= 4 is 44.4 Å². The zero-order chi connectivity index (χ0) is 18.8. The molecule has 0 unspecified atom stereocenters. The highest BCUT2D eigenvalue weighted by molar-refractivity contribution is 7.17. The summed E-state index contributed by atoms with van der Waals surface area (Å²) in [5.74, 6) is 0.867. The van der Waals surface area contributed by atoms with Gasteiger partial charge >= 0.3 is 0 Å². The molecule has 0 atom stereocenters. The maximum atomic E-state index is 4.89. The molecule has 2 N–H and O–H groups in total. The average molecular weight is 405 g/mol. The van der Waals surface area contributed by atoms with Crippen LogP contribution in [0.5, 0.6) is 0 Å². The molecule has 0 radical (unpaired) electrons. The van der Waals surface area contributed by atoms with Gasteiger partial charge in [-0.1, -0.05) is 30.3 Å². The highest BCUT2D eigenvalue weighted by Crippen LogP contribution is 2.34. The fourth-order valence-corrected chi connectivity index (χ4v) is 5.11. The molecular formula is C22H20N4S2. The molecule has 6 heteroatoms. The normalized spacial score (nSPS) is 13.9. The van der Waals surface area contributed by atoms with E-state index in [-0.39, 0.29) is 0 Å². The Morgan fingerprint density at radius 1 is 1.00 bits per heavy atom. The van der Waals surface area contributed by atoms with E-state index in [0.717, 1.165) is 48.3 Å². The number of aliphatic imine (C=N–C) groups is 1. The molecule has 1 aliphatic heterocycles. The Hall–Kier alpha value is -2.70. The standard InChI is InChI=1S/C22H20N4S2/c1-2-5-20-17(4-1)18(13-27-20)19-14-28-21(26-19)12-15-6-8-16(9-7-15)25-22-23-10-3-11-24-22/h1-2,4-9,13-14H,3,10-12H2,(H2,23,24,25). The van der Waals surface area contributed by atoms with E-state index >= 15 is 0 Å². The molecule has 0 amide bonds. The molecule has 3 heterocycles. The topological polar surface area (TPSA) is 49.3 Å². The molecule has 0 saturated heterocycles. The molecule has 1 aliphatic rings. The minimum Gasteiger partial charge on any atom is -0.356 e. The number of thiazole rings is 1. The Morgan fingerprint density at radius 2 is 1.89 bits per heavy atom. The van der Waals surface area contributed by atoms with Crippen molar-refractivity contribution in [3.05, 3.63) is 69.9 Å². The molecule has 0 spiro atoms. The largest absolute Gasteiger partial charge is 0.356 e. The first-order chi connectivity index (χ1) is 13.8. The van der Waals surface area contributed by atoms with E-state index in [1.54, 1.807) is 22.7 Å². The van der Waals surface area contributed by atoms with Gasteiger partial charge in [0.15, 0.2) is 5.96 Å². The molecule has 0 fully saturated rings. The molecule has 2 aromatic heterocycles. The third-order valence-electron chi connectivity index (χ3n) is 4.78. The zero-order valence-corrected chi connectivity index (χ0v) is 16.9. The Bertz CT molecular complexity index is 1120. The third kappa shape index (κ3) is 3.66. The lowest BCUT2D eigenvalue weighted by Crippen LogP contribution is -2.35. The summed E-state index contributed by atoms with van der Waals surface area (Å²) in [6, 6.07) is 17.1. The maximum Gasteiger partial charge on any atom is 0.195 e. The highest BCUT2D eigenvalue weighted by Gasteiger charge is 2.10. The van der Waals surface area contributed by atoms with E-state index in [4.69, 9.17) is 4.98 Å². The molecule has 4 aromatic rings. The molecule has 0 aliphatic carbocycles. The van der Waals surface area contributed by atoms with Gasteiger partial charge in [-0.3, -0.25) is 4.99 Å². The minimum absolute atomic E-state index is 0.853. The quantitative estimate of drug-likeness (QED) is 0.480. The van der Waals surface area contributed by atoms with Crippen LogP contribution in [0.4, 0.5) is 5.69 Å². The molecule has 2 aromatic carbocycles. The van der Waals surface area contributed by atoms with Crippen LogP contribution in [-0.4, -0.2) is 24.0 Å². The van der Waals surface area contributed by atoms with Gasteiger partial charge in [-0.15, -0.1) is 22.7 Å². The van der Waals surface area contributed by atoms with Crippen LogP contribution in [0.15, 0.2) is 64.3 Å². The first-order valence-electron chi connectivity index (χ1n) is 9.40. The number of hydrogen-bond acceptors (Lipinski definition) is 6. The molecule has 5 rings (SSSR count). The van der Waals surface area contributed by atoms with Gasteiger partial charge in [0.05, 0.1) is 10.7 Å². The van der Waals surface area contributed by atoms with Gasteiger partial charge in [-0.05, 0) is 30.2 Å². The number of thiophene rings is 1. The lowest BCUT2D eigenvalue weighted by molar-refractivity contribution is 0.740. The van der Waals surface area contributed by atoms with Crippen molar-refractivity contribution in [2.45, 2.75) is 12.8 Å². The summed E-state index contributed by atoms with van der Waals surface area (Å²) in [5, 5.41) is 13.4. The van der Waals surface area contributed by atoms with Crippen LogP contribution in [0.25, 0.3) is 21.3 Å². The van der Waals surface area contributed by atoms with Crippen LogP contribution in [0.3, 0.4) is 0 Å². The van der Waals surface area contributed by atoms with E-state index in [1.165, 1.54) is 21.2 Å². The zero-order valence-electron chi connectivity index (χ0n) is 15.3. The lowest BCUT2D eigenvalue weighted by Gasteiger charge is -2.16. The predicted octanol–water partition coefficient (Wildman–Crippen LogP) is 5.38. The second-order valence-electron chi connectivity index (χ2n) is 6.78. The first-order valence-corrected chi connectivity index (χ1v) is 11.2. The van der Waals surface area contributed by atoms with Crippen molar-refractivity contribution in [1.82, 2.24) is 10.3 Å². The average Bonchev–Trinajstić information content (AvgIpc) is 3.37. The second-order valence-corrected chi connectivity index (χ2v) is 8.64. The van der Waals surface area contributed by atoms with Crippen LogP contribution in [0.1, 0.15) is 17.0 Å². The second kappa shape index (κ2) is 7.73. The summed E-state index contributed by atoms with van der Waals surface area (Å²) in [6.07, 6.45) is 1.95. The number of rotatable bonds is 4. The van der Waals surface area contributed by atoms with E-state index in [0.29, 0.717) is 0 Å². The summed E-state index contributed by atoms with van der Waals surface area (Å²) in [5.41, 5.74) is 4.64. The SMILES string of the molecule is c1ccc2c(-c3csc(Cc4ccc(NC5=NCCCN5)cc4)n3)csc2c1. The summed E-state index contributed by atoms with van der Waals surface area (Å²) in [6.45, 7) is 1.87. The van der Waals surface area contributed by atoms with Gasteiger partial charge in [-0.2, -0.15) is 0 Å². The molecule has 28 heavy (non-hydrogen) atoms. The fourth-order valence-electron chi connectivity index (χ4n) is 3.33. The molecule has 140 valence electrons. The van der Waals surface area contributed by atoms with Crippen LogP contribution in [0, 0.1) is 0 Å². The molecule has 0 saturated carbocycles. The van der Waals surface area contributed by atoms with Crippen LogP contribution in [0.2, 0.25) is 0 Å². The third-order valence-corrected chi connectivity index (χ3v) is 6.59. The first kappa shape index (κ1) is 17.4. The van der Waals surface area contributed by atoms with Crippen molar-refractivity contribution in [1.29, 1.82) is 0 Å². The van der Waals surface area contributed by atoms with Gasteiger partial charge in [0.1, 0.15) is 0 Å². The summed E-state index contributed by atoms with van der Waals surface area (Å²) >= 11 is 3.51. The maximum absolute atomic E-state index is 4.89. The Kier molecular flexibility index (Phi) is 4.81. The number of nitrogens with zero attached hydrogens (tertiary/aromatic N) is 2. The Balaban J connectivity index is 1.30. The van der Waals surface area contributed by atoms with Gasteiger partial charge < -0.3 is 10.6 Å². The number of fused-ring (bicyclic) bond motifs is 1. The summed E-state index contributed by atoms with van der Waals surface area (Å²) in [4.78, 5) is 9.35. The van der Waals surface area contributed by atoms with Gasteiger partial charge in [-0.25, -0.2) is 4.98 Å². The number of guanidine groups is 1. The van der Waals surface area contributed by atoms with Gasteiger partial charge in [0.2, 0.25) is 0 Å². The van der Waals surface area contributed by atoms with Crippen molar-refractivity contribution in [2.24, 2.45) is 4.99 Å². The number of aromatic nitrogens is 1. The van der Waals surface area contributed by atoms with Gasteiger partial charge in [0, 0.05) is 51.6 Å². The Labute approximate surface area is 172 Å². The monoisotopic (exact) mass is 404 g/mol. The summed E-state index contributed by atoms with van der Waals surface area (Å²) in [7, 11) is 0. The van der Waals surface area contributed by atoms with Crippen molar-refractivity contribution in [2.75, 3.05) is 18.4 Å². The van der Waals surface area contributed by atoms with E-state index < -0.39 is 0 Å². The number of benzene rings is 2. The highest BCUT2D eigenvalue weighted by atomic mass is 32.1. The number of hydrogen-bond donors (Lipinski definition) is 2. The molecule has 4 nitrogen and oxygen atoms in total. The van der Waals surface area contributed by atoms with E-state index in [1.807, 2.05) is 0 Å². The van der Waals surface area contributed by atoms with E-state index in [9.17, 15) is 0 Å². The van der Waals surface area contributed by atoms with Crippen molar-refractivity contribution < 1.29 is 0 Å². The van der Waals surface area contributed by atoms with Crippen LogP contribution < -0.4 is 10.6 Å². The summed E-state index contributed by atoms with van der Waals surface area (Å²) < 4.78 is 1.31. The van der Waals surface area contributed by atoms with Crippen LogP contribution >= 0.6 is 22.7 Å². The Morgan fingerprint density at radius 3 is 2.75 bits per heavy atom. The van der Waals surface area contributed by atoms with E-state index in [2.05, 4.69) is 74.9 Å². The smallest absolute Gasteiger partial charge is 0.195 e. The van der Waals surface area contributed by atoms with Gasteiger partial charge in [0.25, 0.3) is 0 Å². The number of nitrogens with one attached hydrogen (secondary N) is 2. The van der Waals surface area contributed by atoms with Crippen molar-refractivity contribution in [3.63, 3.8) is 0 Å². The lowest BCUT2D eigenvalue weighted by atomic mass is 10.1. The molecule has 0 bridgehead atoms. The predicted molar refractivity (Wildman–Crippen MR) is 121 cm³/mol.